The number of pyridine rings is 1. The summed E-state index contributed by atoms with van der Waals surface area (Å²) < 4.78 is 15.6. The predicted molar refractivity (Wildman–Crippen MR) is 130 cm³/mol. The molecular formula is C27H28FN5O. The van der Waals surface area contributed by atoms with Gasteiger partial charge in [0.15, 0.2) is 5.82 Å². The van der Waals surface area contributed by atoms with Crippen LogP contribution in [0, 0.1) is 11.7 Å². The SMILES string of the molecule is C[C@@H](NC(=O)c1ccc(-c2ncnn2C)cc1)C1CCC(c2ccnc3ccc(F)cc23)CC1. The van der Waals surface area contributed by atoms with E-state index in [1.165, 1.54) is 18.0 Å². The molecule has 1 aliphatic carbocycles. The molecule has 5 rings (SSSR count). The molecule has 1 atom stereocenters. The van der Waals surface area contributed by atoms with Crippen molar-refractivity contribution >= 4 is 16.8 Å². The van der Waals surface area contributed by atoms with E-state index in [1.54, 1.807) is 16.8 Å². The lowest BCUT2D eigenvalue weighted by molar-refractivity contribution is 0.0918. The number of nitrogens with one attached hydrogen (secondary N) is 1. The van der Waals surface area contributed by atoms with Gasteiger partial charge in [0, 0.05) is 35.8 Å². The molecule has 174 valence electrons. The van der Waals surface area contributed by atoms with E-state index < -0.39 is 0 Å². The number of halogens is 1. The Morgan fingerprint density at radius 3 is 2.53 bits per heavy atom. The molecule has 1 fully saturated rings. The Labute approximate surface area is 198 Å². The summed E-state index contributed by atoms with van der Waals surface area (Å²) in [5.74, 6) is 1.29. The number of hydrogen-bond acceptors (Lipinski definition) is 4. The third-order valence-electron chi connectivity index (χ3n) is 7.13. The first kappa shape index (κ1) is 22.2. The van der Waals surface area contributed by atoms with Crippen LogP contribution in [-0.2, 0) is 7.05 Å². The van der Waals surface area contributed by atoms with E-state index in [0.717, 1.165) is 48.0 Å². The van der Waals surface area contributed by atoms with Gasteiger partial charge in [-0.2, -0.15) is 5.10 Å². The highest BCUT2D eigenvalue weighted by molar-refractivity contribution is 5.94. The molecule has 0 saturated heterocycles. The summed E-state index contributed by atoms with van der Waals surface area (Å²) in [6, 6.07) is 14.4. The average molecular weight is 458 g/mol. The van der Waals surface area contributed by atoms with Crippen molar-refractivity contribution in [1.82, 2.24) is 25.1 Å². The quantitative estimate of drug-likeness (QED) is 0.444. The van der Waals surface area contributed by atoms with E-state index in [9.17, 15) is 9.18 Å². The van der Waals surface area contributed by atoms with Gasteiger partial charge in [-0.15, -0.1) is 0 Å². The monoisotopic (exact) mass is 457 g/mol. The van der Waals surface area contributed by atoms with Gasteiger partial charge < -0.3 is 5.32 Å². The topological polar surface area (TPSA) is 72.7 Å². The van der Waals surface area contributed by atoms with Crippen molar-refractivity contribution < 1.29 is 9.18 Å². The smallest absolute Gasteiger partial charge is 0.251 e. The lowest BCUT2D eigenvalue weighted by Crippen LogP contribution is -2.39. The molecular weight excluding hydrogens is 429 g/mol. The normalized spacial score (nSPS) is 19.1. The van der Waals surface area contributed by atoms with Crippen molar-refractivity contribution in [3.63, 3.8) is 0 Å². The maximum Gasteiger partial charge on any atom is 0.251 e. The van der Waals surface area contributed by atoms with E-state index in [0.29, 0.717) is 17.4 Å². The fraction of sp³-hybridized carbons (Fsp3) is 0.333. The number of amides is 1. The first-order chi connectivity index (χ1) is 16.5. The highest BCUT2D eigenvalue weighted by atomic mass is 19.1. The fourth-order valence-electron chi connectivity index (χ4n) is 5.16. The minimum atomic E-state index is -0.226. The van der Waals surface area contributed by atoms with E-state index in [1.807, 2.05) is 43.6 Å². The maximum atomic E-state index is 13.8. The first-order valence-electron chi connectivity index (χ1n) is 11.8. The number of fused-ring (bicyclic) bond motifs is 1. The lowest BCUT2D eigenvalue weighted by Gasteiger charge is -2.33. The van der Waals surface area contributed by atoms with Crippen LogP contribution < -0.4 is 5.32 Å². The molecule has 1 saturated carbocycles. The van der Waals surface area contributed by atoms with Crippen molar-refractivity contribution in [3.8, 4) is 11.4 Å². The molecule has 0 spiro atoms. The zero-order valence-corrected chi connectivity index (χ0v) is 19.4. The third-order valence-corrected chi connectivity index (χ3v) is 7.13. The Kier molecular flexibility index (Phi) is 6.09. The largest absolute Gasteiger partial charge is 0.349 e. The Morgan fingerprint density at radius 1 is 1.06 bits per heavy atom. The van der Waals surface area contributed by atoms with Gasteiger partial charge in [0.2, 0.25) is 0 Å². The van der Waals surface area contributed by atoms with E-state index in [-0.39, 0.29) is 17.8 Å². The molecule has 6 nitrogen and oxygen atoms in total. The summed E-state index contributed by atoms with van der Waals surface area (Å²) in [4.78, 5) is 21.5. The van der Waals surface area contributed by atoms with Gasteiger partial charge in [-0.3, -0.25) is 9.78 Å². The number of rotatable bonds is 5. The second-order valence-corrected chi connectivity index (χ2v) is 9.22. The molecule has 1 N–H and O–H groups in total. The number of carbonyl (C=O) groups is 1. The van der Waals surface area contributed by atoms with Crippen LogP contribution in [0.25, 0.3) is 22.3 Å². The molecule has 2 aromatic heterocycles. The fourth-order valence-corrected chi connectivity index (χ4v) is 5.16. The average Bonchev–Trinajstić information content (AvgIpc) is 3.29. The standard InChI is InChI=1S/C27H28FN5O/c1-17(32-27(34)21-9-7-20(8-10-21)26-30-16-31-33(26)2)18-3-5-19(6-4-18)23-13-14-29-25-12-11-22(28)15-24(23)25/h7-19H,3-6H2,1-2H3,(H,32,34)/t17-,18?,19?/m1/s1. The van der Waals surface area contributed by atoms with Crippen molar-refractivity contribution in [2.45, 2.75) is 44.6 Å². The summed E-state index contributed by atoms with van der Waals surface area (Å²) in [7, 11) is 1.84. The minimum Gasteiger partial charge on any atom is -0.349 e. The van der Waals surface area contributed by atoms with Crippen molar-refractivity contribution in [1.29, 1.82) is 0 Å². The summed E-state index contributed by atoms with van der Waals surface area (Å²) in [5.41, 5.74) is 3.58. The molecule has 2 heterocycles. The molecule has 4 aromatic rings. The van der Waals surface area contributed by atoms with Gasteiger partial charge >= 0.3 is 0 Å². The predicted octanol–water partition coefficient (Wildman–Crippen LogP) is 5.26. The van der Waals surface area contributed by atoms with Crippen LogP contribution in [0.3, 0.4) is 0 Å². The number of aryl methyl sites for hydroxylation is 1. The second-order valence-electron chi connectivity index (χ2n) is 9.22. The number of carbonyl (C=O) groups excluding carboxylic acids is 1. The molecule has 7 heteroatoms. The van der Waals surface area contributed by atoms with Gasteiger partial charge in [-0.05, 0) is 86.4 Å². The molecule has 1 amide bonds. The summed E-state index contributed by atoms with van der Waals surface area (Å²) in [6.07, 6.45) is 7.43. The third kappa shape index (κ3) is 4.42. The molecule has 1 aliphatic rings. The van der Waals surface area contributed by atoms with Crippen LogP contribution in [0.2, 0.25) is 0 Å². The van der Waals surface area contributed by atoms with Crippen molar-refractivity contribution in [2.24, 2.45) is 13.0 Å². The van der Waals surface area contributed by atoms with Crippen molar-refractivity contribution in [2.75, 3.05) is 0 Å². The Morgan fingerprint density at radius 2 is 1.82 bits per heavy atom. The number of nitrogens with zero attached hydrogens (tertiary/aromatic N) is 4. The summed E-state index contributed by atoms with van der Waals surface area (Å²) in [5, 5.41) is 8.20. The zero-order chi connectivity index (χ0) is 23.7. The Bertz CT molecular complexity index is 1310. The van der Waals surface area contributed by atoms with Gasteiger partial charge in [0.25, 0.3) is 5.91 Å². The first-order valence-corrected chi connectivity index (χ1v) is 11.8. The van der Waals surface area contributed by atoms with E-state index >= 15 is 0 Å². The van der Waals surface area contributed by atoms with Crippen LogP contribution in [-0.4, -0.2) is 31.7 Å². The highest BCUT2D eigenvalue weighted by Crippen LogP contribution is 2.39. The van der Waals surface area contributed by atoms with Crippen LogP contribution in [0.5, 0.6) is 0 Å². The van der Waals surface area contributed by atoms with Gasteiger partial charge in [-0.25, -0.2) is 14.1 Å². The molecule has 0 unspecified atom stereocenters. The number of hydrogen-bond donors (Lipinski definition) is 1. The van der Waals surface area contributed by atoms with E-state index in [4.69, 9.17) is 0 Å². The summed E-state index contributed by atoms with van der Waals surface area (Å²) >= 11 is 0. The van der Waals surface area contributed by atoms with Crippen LogP contribution in [0.1, 0.15) is 54.4 Å². The maximum absolute atomic E-state index is 13.8. The Hall–Kier alpha value is -3.61. The van der Waals surface area contributed by atoms with Crippen LogP contribution in [0.15, 0.2) is 61.1 Å². The van der Waals surface area contributed by atoms with Crippen LogP contribution >= 0.6 is 0 Å². The summed E-state index contributed by atoms with van der Waals surface area (Å²) in [6.45, 7) is 2.09. The number of benzene rings is 2. The second kappa shape index (κ2) is 9.33. The molecule has 0 aliphatic heterocycles. The number of aromatic nitrogens is 4. The Balaban J connectivity index is 1.20. The van der Waals surface area contributed by atoms with Gasteiger partial charge in [0.1, 0.15) is 12.1 Å². The van der Waals surface area contributed by atoms with Crippen molar-refractivity contribution in [3.05, 3.63) is 78.0 Å². The van der Waals surface area contributed by atoms with Gasteiger partial charge in [0.05, 0.1) is 5.52 Å². The van der Waals surface area contributed by atoms with E-state index in [2.05, 4.69) is 27.3 Å². The molecule has 2 aromatic carbocycles. The minimum absolute atomic E-state index is 0.0604. The van der Waals surface area contributed by atoms with Gasteiger partial charge in [-0.1, -0.05) is 12.1 Å². The lowest BCUT2D eigenvalue weighted by atomic mass is 9.75. The molecule has 0 bridgehead atoms. The highest BCUT2D eigenvalue weighted by Gasteiger charge is 2.28. The van der Waals surface area contributed by atoms with Crippen LogP contribution in [0.4, 0.5) is 4.39 Å². The molecule has 0 radical (unpaired) electrons. The molecule has 34 heavy (non-hydrogen) atoms. The zero-order valence-electron chi connectivity index (χ0n) is 19.4.